The molecule has 3 rings (SSSR count). The number of para-hydroxylation sites is 1. The molecular weight excluding hydrogens is 244 g/mol. The van der Waals surface area contributed by atoms with Crippen LogP contribution in [0.3, 0.4) is 0 Å². The number of thiazole rings is 1. The van der Waals surface area contributed by atoms with Gasteiger partial charge < -0.3 is 4.42 Å². The number of aromatic nitrogens is 1. The van der Waals surface area contributed by atoms with Crippen LogP contribution in [-0.4, -0.2) is 4.98 Å². The van der Waals surface area contributed by atoms with Crippen molar-refractivity contribution in [3.05, 3.63) is 53.4 Å². The molecule has 0 N–H and O–H groups in total. The van der Waals surface area contributed by atoms with Crippen molar-refractivity contribution in [2.45, 2.75) is 0 Å². The second kappa shape index (κ2) is 4.47. The predicted molar refractivity (Wildman–Crippen MR) is 71.8 cm³/mol. The van der Waals surface area contributed by atoms with Crippen LogP contribution in [0.4, 0.5) is 0 Å². The van der Waals surface area contributed by atoms with E-state index in [2.05, 4.69) is 11.1 Å². The van der Waals surface area contributed by atoms with E-state index in [1.54, 1.807) is 18.4 Å². The number of fused-ring (bicyclic) bond motifs is 1. The lowest BCUT2D eigenvalue weighted by Gasteiger charge is -1.90. The number of nitriles is 1. The van der Waals surface area contributed by atoms with Crippen LogP contribution < -0.4 is 0 Å². The lowest BCUT2D eigenvalue weighted by Crippen LogP contribution is -1.78. The maximum atomic E-state index is 9.21. The summed E-state index contributed by atoms with van der Waals surface area (Å²) in [7, 11) is 0. The monoisotopic (exact) mass is 252 g/mol. The van der Waals surface area contributed by atoms with Crippen molar-refractivity contribution in [1.82, 2.24) is 4.98 Å². The van der Waals surface area contributed by atoms with Gasteiger partial charge in [-0.3, -0.25) is 0 Å². The van der Waals surface area contributed by atoms with Crippen molar-refractivity contribution in [2.24, 2.45) is 0 Å². The fourth-order valence-corrected chi connectivity index (χ4v) is 2.58. The minimum atomic E-state index is 0.520. The molecule has 0 spiro atoms. The zero-order chi connectivity index (χ0) is 12.4. The van der Waals surface area contributed by atoms with Gasteiger partial charge in [0.1, 0.15) is 16.8 Å². The van der Waals surface area contributed by atoms with Crippen LogP contribution in [0.5, 0.6) is 0 Å². The zero-order valence-electron chi connectivity index (χ0n) is 9.33. The van der Waals surface area contributed by atoms with E-state index in [-0.39, 0.29) is 0 Å². The van der Waals surface area contributed by atoms with E-state index in [1.807, 2.05) is 30.3 Å². The van der Waals surface area contributed by atoms with Crippen LogP contribution in [0.1, 0.15) is 10.8 Å². The van der Waals surface area contributed by atoms with Gasteiger partial charge in [-0.2, -0.15) is 5.26 Å². The average Bonchev–Trinajstić information content (AvgIpc) is 3.04. The molecule has 2 heterocycles. The van der Waals surface area contributed by atoms with E-state index in [0.717, 1.165) is 15.2 Å². The van der Waals surface area contributed by atoms with Crippen molar-refractivity contribution in [1.29, 1.82) is 5.26 Å². The molecule has 0 fully saturated rings. The Kier molecular flexibility index (Phi) is 2.67. The highest BCUT2D eigenvalue weighted by Crippen LogP contribution is 2.27. The third-order valence-corrected chi connectivity index (χ3v) is 3.54. The van der Waals surface area contributed by atoms with Gasteiger partial charge in [0.2, 0.25) is 0 Å². The third-order valence-electron chi connectivity index (χ3n) is 2.47. The number of hydrogen-bond acceptors (Lipinski definition) is 4. The summed E-state index contributed by atoms with van der Waals surface area (Å²) in [6.45, 7) is 0. The first-order chi connectivity index (χ1) is 8.86. The summed E-state index contributed by atoms with van der Waals surface area (Å²) >= 11 is 1.51. The number of nitrogens with zero attached hydrogens (tertiary/aromatic N) is 2. The Balaban J connectivity index is 2.09. The Morgan fingerprint density at radius 3 is 2.89 bits per heavy atom. The molecular formula is C14H8N2OS. The molecule has 0 radical (unpaired) electrons. The highest BCUT2D eigenvalue weighted by Gasteiger charge is 2.08. The summed E-state index contributed by atoms with van der Waals surface area (Å²) < 4.78 is 6.29. The lowest BCUT2D eigenvalue weighted by molar-refractivity contribution is 0.557. The molecule has 4 heteroatoms. The summed E-state index contributed by atoms with van der Waals surface area (Å²) in [5, 5.41) is 9.93. The van der Waals surface area contributed by atoms with Crippen LogP contribution in [-0.2, 0) is 0 Å². The van der Waals surface area contributed by atoms with Gasteiger partial charge in [0.15, 0.2) is 0 Å². The maximum Gasteiger partial charge on any atom is 0.135 e. The summed E-state index contributed by atoms with van der Waals surface area (Å²) in [6.07, 6.45) is 3.29. The number of allylic oxidation sites excluding steroid dienone is 1. The molecule has 0 aliphatic carbocycles. The van der Waals surface area contributed by atoms with E-state index in [1.165, 1.54) is 11.3 Å². The minimum absolute atomic E-state index is 0.520. The molecule has 3 nitrogen and oxygen atoms in total. The van der Waals surface area contributed by atoms with Crippen LogP contribution >= 0.6 is 11.3 Å². The number of furan rings is 1. The number of hydrogen-bond donors (Lipinski definition) is 0. The highest BCUT2D eigenvalue weighted by atomic mass is 32.1. The molecule has 0 atom stereocenters. The van der Waals surface area contributed by atoms with Gasteiger partial charge in [0.25, 0.3) is 0 Å². The topological polar surface area (TPSA) is 49.8 Å². The smallest absolute Gasteiger partial charge is 0.135 e. The van der Waals surface area contributed by atoms with Crippen molar-refractivity contribution in [3.63, 3.8) is 0 Å². The first-order valence-electron chi connectivity index (χ1n) is 5.38. The minimum Gasteiger partial charge on any atom is -0.465 e. The van der Waals surface area contributed by atoms with E-state index >= 15 is 0 Å². The molecule has 1 aromatic carbocycles. The summed E-state index contributed by atoms with van der Waals surface area (Å²) in [4.78, 5) is 4.45. The first-order valence-corrected chi connectivity index (χ1v) is 6.20. The van der Waals surface area contributed by atoms with Gasteiger partial charge in [0, 0.05) is 6.08 Å². The van der Waals surface area contributed by atoms with Crippen LogP contribution in [0, 0.1) is 11.3 Å². The molecule has 0 bridgehead atoms. The quantitative estimate of drug-likeness (QED) is 0.649. The van der Waals surface area contributed by atoms with Crippen molar-refractivity contribution >= 4 is 33.2 Å². The number of rotatable bonds is 2. The van der Waals surface area contributed by atoms with E-state index in [0.29, 0.717) is 11.3 Å². The maximum absolute atomic E-state index is 9.21. The summed E-state index contributed by atoms with van der Waals surface area (Å²) in [5.74, 6) is 0.658. The zero-order valence-corrected chi connectivity index (χ0v) is 10.1. The highest BCUT2D eigenvalue weighted by molar-refractivity contribution is 7.19. The molecule has 0 aliphatic heterocycles. The fourth-order valence-electron chi connectivity index (χ4n) is 1.64. The number of benzene rings is 1. The molecule has 86 valence electrons. The fraction of sp³-hybridized carbons (Fsp3) is 0. The second-order valence-corrected chi connectivity index (χ2v) is 4.70. The molecule has 18 heavy (non-hydrogen) atoms. The van der Waals surface area contributed by atoms with Crippen molar-refractivity contribution < 1.29 is 4.42 Å². The Bertz CT molecular complexity index is 715. The third kappa shape index (κ3) is 1.92. The average molecular weight is 252 g/mol. The molecule has 3 aromatic rings. The van der Waals surface area contributed by atoms with Crippen LogP contribution in [0.2, 0.25) is 0 Å². The largest absolute Gasteiger partial charge is 0.465 e. The van der Waals surface area contributed by atoms with Crippen LogP contribution in [0.15, 0.2) is 47.1 Å². The van der Waals surface area contributed by atoms with Gasteiger partial charge in [-0.15, -0.1) is 11.3 Å². The molecule has 0 saturated carbocycles. The Hall–Kier alpha value is -2.38. The first kappa shape index (κ1) is 10.8. The van der Waals surface area contributed by atoms with Gasteiger partial charge >= 0.3 is 0 Å². The van der Waals surface area contributed by atoms with Crippen LogP contribution in [0.25, 0.3) is 21.9 Å². The van der Waals surface area contributed by atoms with Gasteiger partial charge in [0.05, 0.1) is 22.1 Å². The van der Waals surface area contributed by atoms with E-state index in [4.69, 9.17) is 4.42 Å². The molecule has 0 aliphatic rings. The SMILES string of the molecule is N#C/C(=C\c1ccco1)c1nc2ccccc2s1. The Morgan fingerprint density at radius 1 is 1.28 bits per heavy atom. The molecule has 0 saturated heterocycles. The Labute approximate surface area is 108 Å². The van der Waals surface area contributed by atoms with Gasteiger partial charge in [-0.1, -0.05) is 12.1 Å². The predicted octanol–water partition coefficient (Wildman–Crippen LogP) is 3.95. The Morgan fingerprint density at radius 2 is 2.17 bits per heavy atom. The van der Waals surface area contributed by atoms with E-state index < -0.39 is 0 Å². The molecule has 0 amide bonds. The standard InChI is InChI=1S/C14H8N2OS/c15-9-10(8-11-4-3-7-17-11)14-16-12-5-1-2-6-13(12)18-14/h1-8H/b10-8+. The van der Waals surface area contributed by atoms with Gasteiger partial charge in [-0.25, -0.2) is 4.98 Å². The second-order valence-electron chi connectivity index (χ2n) is 3.67. The molecule has 0 unspecified atom stereocenters. The van der Waals surface area contributed by atoms with Crippen molar-refractivity contribution in [2.75, 3.05) is 0 Å². The molecule has 2 aromatic heterocycles. The van der Waals surface area contributed by atoms with Gasteiger partial charge in [-0.05, 0) is 24.3 Å². The summed E-state index contributed by atoms with van der Waals surface area (Å²) in [6, 6.07) is 13.6. The van der Waals surface area contributed by atoms with Crippen molar-refractivity contribution in [3.8, 4) is 6.07 Å². The normalized spacial score (nSPS) is 11.6. The lowest BCUT2D eigenvalue weighted by atomic mass is 10.2. The van der Waals surface area contributed by atoms with E-state index in [9.17, 15) is 5.26 Å². The summed E-state index contributed by atoms with van der Waals surface area (Å²) in [5.41, 5.74) is 1.43.